The molecule has 2 aromatic rings. The Kier molecular flexibility index (Phi) is 4.21. The van der Waals surface area contributed by atoms with E-state index in [4.69, 9.17) is 21.6 Å². The molecule has 0 radical (unpaired) electrons. The molecule has 0 saturated carbocycles. The number of hydrogen-bond donors (Lipinski definition) is 0. The predicted molar refractivity (Wildman–Crippen MR) is 80.9 cm³/mol. The summed E-state index contributed by atoms with van der Waals surface area (Å²) in [5.41, 5.74) is -1.59. The average Bonchev–Trinajstić information content (AvgIpc) is 2.46. The minimum absolute atomic E-state index is 0.148. The quantitative estimate of drug-likeness (QED) is 0.812. The van der Waals surface area contributed by atoms with E-state index in [0.717, 1.165) is 9.13 Å². The normalized spacial score (nSPS) is 10.2. The molecule has 0 bridgehead atoms. The summed E-state index contributed by atoms with van der Waals surface area (Å²) in [7, 11) is 2.70. The van der Waals surface area contributed by atoms with Crippen molar-refractivity contribution in [3.63, 3.8) is 0 Å². The predicted octanol–water partition coefficient (Wildman–Crippen LogP) is 2.16. The zero-order valence-electron chi connectivity index (χ0n) is 11.1. The number of hydrogen-bond acceptors (Lipinski definition) is 4. The lowest BCUT2D eigenvalue weighted by Crippen LogP contribution is -2.38. The molecule has 0 spiro atoms. The molecule has 8 heteroatoms. The Morgan fingerprint density at radius 3 is 2.57 bits per heavy atom. The maximum Gasteiger partial charge on any atom is 0.333 e. The third kappa shape index (κ3) is 2.73. The van der Waals surface area contributed by atoms with Crippen molar-refractivity contribution in [1.82, 2.24) is 9.13 Å². The molecule has 0 atom stereocenters. The van der Waals surface area contributed by atoms with Gasteiger partial charge in [-0.15, -0.1) is 0 Å². The fourth-order valence-electron chi connectivity index (χ4n) is 1.70. The second kappa shape index (κ2) is 5.76. The highest BCUT2D eigenvalue weighted by molar-refractivity contribution is 9.10. The average molecular weight is 371 g/mol. The van der Waals surface area contributed by atoms with E-state index in [9.17, 15) is 9.59 Å². The van der Waals surface area contributed by atoms with Crippen LogP contribution in [0.3, 0.4) is 0 Å². The van der Waals surface area contributed by atoms with Gasteiger partial charge in [-0.2, -0.15) is 5.26 Å². The molecule has 1 aromatic heterocycles. The maximum absolute atomic E-state index is 11.9. The highest BCUT2D eigenvalue weighted by Gasteiger charge is 2.18. The summed E-state index contributed by atoms with van der Waals surface area (Å²) in [5.74, 6) is 0.0800. The van der Waals surface area contributed by atoms with Crippen LogP contribution in [0.15, 0.2) is 32.3 Å². The lowest BCUT2D eigenvalue weighted by Gasteiger charge is -2.13. The summed E-state index contributed by atoms with van der Waals surface area (Å²) in [6, 6.07) is 6.63. The van der Waals surface area contributed by atoms with Crippen molar-refractivity contribution < 1.29 is 4.74 Å². The number of halogens is 2. The van der Waals surface area contributed by atoms with Crippen LogP contribution < -0.4 is 16.0 Å². The highest BCUT2D eigenvalue weighted by atomic mass is 79.9. The van der Waals surface area contributed by atoms with Gasteiger partial charge in [-0.25, -0.2) is 4.79 Å². The van der Waals surface area contributed by atoms with E-state index in [2.05, 4.69) is 15.9 Å². The van der Waals surface area contributed by atoms with E-state index in [1.54, 1.807) is 24.3 Å². The summed E-state index contributed by atoms with van der Waals surface area (Å²) in [5, 5.41) is 9.43. The SMILES string of the molecule is Cn1c(Oc2cc(Br)ccc2Cl)c(C#N)c(=O)n(C)c1=O. The molecule has 0 aliphatic rings. The Labute approximate surface area is 132 Å². The van der Waals surface area contributed by atoms with Gasteiger partial charge in [0.15, 0.2) is 5.56 Å². The van der Waals surface area contributed by atoms with Crippen molar-refractivity contribution >= 4 is 27.5 Å². The molecule has 21 heavy (non-hydrogen) atoms. The van der Waals surface area contributed by atoms with Crippen molar-refractivity contribution in [3.8, 4) is 17.7 Å². The summed E-state index contributed by atoms with van der Waals surface area (Å²) >= 11 is 9.27. The smallest absolute Gasteiger partial charge is 0.333 e. The molecule has 1 heterocycles. The summed E-state index contributed by atoms with van der Waals surface area (Å²) < 4.78 is 8.15. The second-order valence-corrected chi connectivity index (χ2v) is 5.50. The third-order valence-corrected chi connectivity index (χ3v) is 3.63. The molecule has 2 rings (SSSR count). The third-order valence-electron chi connectivity index (χ3n) is 2.82. The van der Waals surface area contributed by atoms with Crippen LogP contribution in [-0.2, 0) is 14.1 Å². The summed E-state index contributed by atoms with van der Waals surface area (Å²) in [4.78, 5) is 23.9. The molecule has 0 N–H and O–H groups in total. The van der Waals surface area contributed by atoms with Crippen molar-refractivity contribution in [2.75, 3.05) is 0 Å². The van der Waals surface area contributed by atoms with Gasteiger partial charge < -0.3 is 4.74 Å². The van der Waals surface area contributed by atoms with Crippen LogP contribution in [0.1, 0.15) is 5.56 Å². The minimum Gasteiger partial charge on any atom is -0.437 e. The van der Waals surface area contributed by atoms with Crippen molar-refractivity contribution in [3.05, 3.63) is 54.1 Å². The van der Waals surface area contributed by atoms with E-state index in [1.807, 2.05) is 0 Å². The number of aromatic nitrogens is 2. The van der Waals surface area contributed by atoms with Gasteiger partial charge in [0.1, 0.15) is 11.8 Å². The first kappa shape index (κ1) is 15.4. The van der Waals surface area contributed by atoms with Crippen molar-refractivity contribution in [1.29, 1.82) is 5.26 Å². The van der Waals surface area contributed by atoms with Crippen LogP contribution in [0, 0.1) is 11.3 Å². The van der Waals surface area contributed by atoms with Crippen LogP contribution in [-0.4, -0.2) is 9.13 Å². The van der Waals surface area contributed by atoms with Gasteiger partial charge in [0.25, 0.3) is 5.56 Å². The van der Waals surface area contributed by atoms with Gasteiger partial charge in [0, 0.05) is 18.6 Å². The zero-order valence-corrected chi connectivity index (χ0v) is 13.4. The van der Waals surface area contributed by atoms with E-state index in [0.29, 0.717) is 4.47 Å². The monoisotopic (exact) mass is 369 g/mol. The molecular weight excluding hydrogens is 362 g/mol. The first-order valence-corrected chi connectivity index (χ1v) is 6.87. The van der Waals surface area contributed by atoms with Gasteiger partial charge in [0.2, 0.25) is 5.88 Å². The lowest BCUT2D eigenvalue weighted by molar-refractivity contribution is 0.421. The van der Waals surface area contributed by atoms with Gasteiger partial charge in [-0.3, -0.25) is 13.9 Å². The summed E-state index contributed by atoms with van der Waals surface area (Å²) in [6.45, 7) is 0. The molecule has 0 aliphatic carbocycles. The molecule has 0 unspecified atom stereocenters. The van der Waals surface area contributed by atoms with Crippen LogP contribution in [0.2, 0.25) is 5.02 Å². The van der Waals surface area contributed by atoms with Crippen LogP contribution in [0.25, 0.3) is 0 Å². The van der Waals surface area contributed by atoms with Gasteiger partial charge >= 0.3 is 5.69 Å². The maximum atomic E-state index is 11.9. The van der Waals surface area contributed by atoms with E-state index >= 15 is 0 Å². The Morgan fingerprint density at radius 1 is 1.29 bits per heavy atom. The molecule has 6 nitrogen and oxygen atoms in total. The standard InChI is InChI=1S/C13H9BrClN3O3/c1-17-11(19)8(6-16)12(18(2)13(17)20)21-10-5-7(14)3-4-9(10)15/h3-5H,1-2H3. The first-order chi connectivity index (χ1) is 9.86. The molecule has 0 saturated heterocycles. The van der Waals surface area contributed by atoms with E-state index < -0.39 is 11.2 Å². The lowest BCUT2D eigenvalue weighted by atomic mass is 10.3. The van der Waals surface area contributed by atoms with Crippen LogP contribution >= 0.6 is 27.5 Å². The minimum atomic E-state index is -0.721. The molecule has 0 amide bonds. The molecule has 108 valence electrons. The van der Waals surface area contributed by atoms with Crippen molar-refractivity contribution in [2.45, 2.75) is 0 Å². The molecule has 1 aromatic carbocycles. The fourth-order valence-corrected chi connectivity index (χ4v) is 2.20. The number of nitrogens with zero attached hydrogens (tertiary/aromatic N) is 3. The van der Waals surface area contributed by atoms with Gasteiger partial charge in [-0.05, 0) is 18.2 Å². The van der Waals surface area contributed by atoms with Crippen LogP contribution in [0.5, 0.6) is 11.6 Å². The molecular formula is C13H9BrClN3O3. The largest absolute Gasteiger partial charge is 0.437 e. The number of rotatable bonds is 2. The number of ether oxygens (including phenoxy) is 1. The summed E-state index contributed by atoms with van der Waals surface area (Å²) in [6.07, 6.45) is 0. The van der Waals surface area contributed by atoms with Crippen molar-refractivity contribution in [2.24, 2.45) is 14.1 Å². The first-order valence-electron chi connectivity index (χ1n) is 5.69. The Hall–Kier alpha value is -2.04. The van der Waals surface area contributed by atoms with E-state index in [1.165, 1.54) is 14.1 Å². The van der Waals surface area contributed by atoms with E-state index in [-0.39, 0.29) is 22.2 Å². The van der Waals surface area contributed by atoms with Crippen LogP contribution in [0.4, 0.5) is 0 Å². The fraction of sp³-hybridized carbons (Fsp3) is 0.154. The highest BCUT2D eigenvalue weighted by Crippen LogP contribution is 2.32. The molecule has 0 fully saturated rings. The molecule has 0 aliphatic heterocycles. The van der Waals surface area contributed by atoms with Gasteiger partial charge in [0.05, 0.1) is 5.02 Å². The number of nitriles is 1. The number of benzene rings is 1. The Morgan fingerprint density at radius 2 is 1.95 bits per heavy atom. The Balaban J connectivity index is 2.71. The zero-order chi connectivity index (χ0) is 15.7. The second-order valence-electron chi connectivity index (χ2n) is 4.17. The topological polar surface area (TPSA) is 77.0 Å². The van der Waals surface area contributed by atoms with Gasteiger partial charge in [-0.1, -0.05) is 27.5 Å². The Bertz CT molecular complexity index is 880.